The summed E-state index contributed by atoms with van der Waals surface area (Å²) in [6.07, 6.45) is 2.21. The molecule has 0 bridgehead atoms. The number of halogens is 1. The van der Waals surface area contributed by atoms with Gasteiger partial charge in [0, 0.05) is 26.1 Å². The summed E-state index contributed by atoms with van der Waals surface area (Å²) < 4.78 is 27.9. The predicted molar refractivity (Wildman–Crippen MR) is 116 cm³/mol. The van der Waals surface area contributed by atoms with Gasteiger partial charge in [-0.2, -0.15) is 0 Å². The Morgan fingerprint density at radius 3 is 2.25 bits per heavy atom. The fourth-order valence-corrected chi connectivity index (χ4v) is 5.33. The van der Waals surface area contributed by atoms with Gasteiger partial charge in [-0.05, 0) is 63.7 Å². The zero-order valence-electron chi connectivity index (χ0n) is 17.4. The molecule has 1 aliphatic rings. The van der Waals surface area contributed by atoms with Crippen molar-refractivity contribution < 1.29 is 13.2 Å². The molecule has 0 spiro atoms. The van der Waals surface area contributed by atoms with Gasteiger partial charge in [-0.25, -0.2) is 13.1 Å². The largest absolute Gasteiger partial charge is 0.343 e. The van der Waals surface area contributed by atoms with Crippen molar-refractivity contribution in [3.05, 3.63) is 28.8 Å². The highest BCUT2D eigenvalue weighted by Gasteiger charge is 2.24. The Hall–Kier alpha value is -1.15. The van der Waals surface area contributed by atoms with Crippen molar-refractivity contribution in [1.82, 2.24) is 14.9 Å². The molecule has 1 aromatic rings. The Labute approximate surface area is 175 Å². The molecule has 1 heterocycles. The van der Waals surface area contributed by atoms with Crippen molar-refractivity contribution in [2.45, 2.75) is 51.9 Å². The third-order valence-corrected chi connectivity index (χ3v) is 6.92. The van der Waals surface area contributed by atoms with Crippen molar-refractivity contribution in [1.29, 1.82) is 0 Å². The van der Waals surface area contributed by atoms with Gasteiger partial charge in [-0.1, -0.05) is 24.6 Å². The second kappa shape index (κ2) is 11.1. The molecule has 2 rings (SSSR count). The van der Waals surface area contributed by atoms with E-state index >= 15 is 0 Å². The number of piperidine rings is 1. The van der Waals surface area contributed by atoms with E-state index in [2.05, 4.69) is 17.0 Å². The van der Waals surface area contributed by atoms with Crippen LogP contribution in [0.15, 0.2) is 17.0 Å². The molecule has 1 saturated heterocycles. The van der Waals surface area contributed by atoms with Gasteiger partial charge in [0.1, 0.15) is 0 Å². The van der Waals surface area contributed by atoms with Gasteiger partial charge < -0.3 is 10.2 Å². The van der Waals surface area contributed by atoms with Crippen molar-refractivity contribution in [2.24, 2.45) is 5.92 Å². The maximum absolute atomic E-state index is 12.6. The van der Waals surface area contributed by atoms with E-state index in [1.807, 2.05) is 24.0 Å². The molecule has 2 N–H and O–H groups in total. The average molecular weight is 432 g/mol. The van der Waals surface area contributed by atoms with Gasteiger partial charge in [0.25, 0.3) is 0 Å². The third kappa shape index (κ3) is 6.72. The zero-order valence-corrected chi connectivity index (χ0v) is 19.0. The highest BCUT2D eigenvalue weighted by Crippen LogP contribution is 2.21. The molecule has 8 heteroatoms. The van der Waals surface area contributed by atoms with Gasteiger partial charge >= 0.3 is 0 Å². The summed E-state index contributed by atoms with van der Waals surface area (Å²) in [6.45, 7) is 11.3. The minimum Gasteiger partial charge on any atom is -0.343 e. The van der Waals surface area contributed by atoms with Crippen LogP contribution in [0.5, 0.6) is 0 Å². The summed E-state index contributed by atoms with van der Waals surface area (Å²) in [7, 11) is -3.61. The number of nitrogens with zero attached hydrogens (tertiary/aromatic N) is 1. The number of likely N-dealkylation sites (tertiary alicyclic amines) is 1. The monoisotopic (exact) mass is 431 g/mol. The number of amides is 1. The first-order valence-electron chi connectivity index (χ1n) is 9.80. The lowest BCUT2D eigenvalue weighted by atomic mass is 9.96. The smallest absolute Gasteiger partial charge is 0.241 e. The molecule has 1 amide bonds. The SMILES string of the molecule is CCNCC1CCN(C(=O)CCNS(=O)(=O)c2c(C)cc(C)cc2C)CC1.Cl. The van der Waals surface area contributed by atoms with E-state index in [4.69, 9.17) is 0 Å². The van der Waals surface area contributed by atoms with E-state index in [0.29, 0.717) is 10.8 Å². The molecule has 0 unspecified atom stereocenters. The minimum atomic E-state index is -3.61. The summed E-state index contributed by atoms with van der Waals surface area (Å²) in [6, 6.07) is 3.73. The van der Waals surface area contributed by atoms with Crippen LogP contribution < -0.4 is 10.0 Å². The standard InChI is InChI=1S/C20H33N3O3S.ClH/c1-5-21-14-18-7-10-23(11-8-18)19(24)6-9-22-27(25,26)20-16(3)12-15(2)13-17(20)4;/h12-13,18,21-22H,5-11,14H2,1-4H3;1H. The predicted octanol–water partition coefficient (Wildman–Crippen LogP) is 2.55. The van der Waals surface area contributed by atoms with Gasteiger partial charge in [0.15, 0.2) is 0 Å². The molecule has 1 aliphatic heterocycles. The quantitative estimate of drug-likeness (QED) is 0.663. The molecule has 6 nitrogen and oxygen atoms in total. The second-order valence-corrected chi connectivity index (χ2v) is 9.21. The Balaban J connectivity index is 0.00000392. The molecule has 28 heavy (non-hydrogen) atoms. The average Bonchev–Trinajstić information content (AvgIpc) is 2.59. The van der Waals surface area contributed by atoms with E-state index < -0.39 is 10.0 Å². The van der Waals surface area contributed by atoms with Gasteiger partial charge in [0.05, 0.1) is 4.90 Å². The first-order valence-corrected chi connectivity index (χ1v) is 11.3. The summed E-state index contributed by atoms with van der Waals surface area (Å²) in [5.41, 5.74) is 2.50. The summed E-state index contributed by atoms with van der Waals surface area (Å²) in [5, 5.41) is 3.36. The van der Waals surface area contributed by atoms with Crippen LogP contribution in [0.1, 0.15) is 42.9 Å². The fraction of sp³-hybridized carbons (Fsp3) is 0.650. The maximum Gasteiger partial charge on any atom is 0.241 e. The number of hydrogen-bond acceptors (Lipinski definition) is 4. The van der Waals surface area contributed by atoms with Crippen LogP contribution in [-0.2, 0) is 14.8 Å². The van der Waals surface area contributed by atoms with Crippen molar-refractivity contribution >= 4 is 28.3 Å². The van der Waals surface area contributed by atoms with Crippen LogP contribution in [-0.4, -0.2) is 51.9 Å². The molecular weight excluding hydrogens is 398 g/mol. The molecule has 160 valence electrons. The van der Waals surface area contributed by atoms with Crippen LogP contribution in [0.2, 0.25) is 0 Å². The zero-order chi connectivity index (χ0) is 20.0. The van der Waals surface area contributed by atoms with Crippen molar-refractivity contribution in [2.75, 3.05) is 32.7 Å². The first kappa shape index (κ1) is 24.9. The van der Waals surface area contributed by atoms with Gasteiger partial charge in [-0.3, -0.25) is 4.79 Å². The Morgan fingerprint density at radius 2 is 1.71 bits per heavy atom. The normalized spacial score (nSPS) is 15.4. The Bertz CT molecular complexity index is 737. The number of hydrogen-bond donors (Lipinski definition) is 2. The van der Waals surface area contributed by atoms with Crippen molar-refractivity contribution in [3.8, 4) is 0 Å². The van der Waals surface area contributed by atoms with Gasteiger partial charge in [0.2, 0.25) is 15.9 Å². The van der Waals surface area contributed by atoms with E-state index in [0.717, 1.165) is 55.7 Å². The number of rotatable bonds is 8. The van der Waals surface area contributed by atoms with E-state index in [-0.39, 0.29) is 31.3 Å². The maximum atomic E-state index is 12.6. The summed E-state index contributed by atoms with van der Waals surface area (Å²) >= 11 is 0. The first-order chi connectivity index (χ1) is 12.7. The molecule has 1 fully saturated rings. The van der Waals surface area contributed by atoms with Crippen LogP contribution in [0.3, 0.4) is 0 Å². The summed E-state index contributed by atoms with van der Waals surface area (Å²) in [4.78, 5) is 14.6. The fourth-order valence-electron chi connectivity index (χ4n) is 3.85. The minimum absolute atomic E-state index is 0. The third-order valence-electron chi connectivity index (χ3n) is 5.15. The number of aryl methyl sites for hydroxylation is 3. The van der Waals surface area contributed by atoms with Crippen LogP contribution >= 0.6 is 12.4 Å². The van der Waals surface area contributed by atoms with Crippen LogP contribution in [0.4, 0.5) is 0 Å². The Kier molecular flexibility index (Phi) is 9.90. The molecule has 0 aromatic heterocycles. The molecule has 0 atom stereocenters. The molecule has 1 aromatic carbocycles. The lowest BCUT2D eigenvalue weighted by Crippen LogP contribution is -2.41. The van der Waals surface area contributed by atoms with Gasteiger partial charge in [-0.15, -0.1) is 12.4 Å². The number of sulfonamides is 1. The topological polar surface area (TPSA) is 78.5 Å². The summed E-state index contributed by atoms with van der Waals surface area (Å²) in [5.74, 6) is 0.650. The highest BCUT2D eigenvalue weighted by atomic mass is 35.5. The number of carbonyl (C=O) groups is 1. The van der Waals surface area contributed by atoms with Crippen molar-refractivity contribution in [3.63, 3.8) is 0 Å². The molecule has 0 saturated carbocycles. The number of carbonyl (C=O) groups excluding carboxylic acids is 1. The van der Waals surface area contributed by atoms with E-state index in [1.165, 1.54) is 0 Å². The molecular formula is C20H34ClN3O3S. The molecule has 0 radical (unpaired) electrons. The molecule has 0 aliphatic carbocycles. The number of benzene rings is 1. The number of nitrogens with one attached hydrogen (secondary N) is 2. The Morgan fingerprint density at radius 1 is 1.14 bits per heavy atom. The van der Waals surface area contributed by atoms with Crippen LogP contribution in [0, 0.1) is 26.7 Å². The second-order valence-electron chi connectivity index (χ2n) is 7.51. The lowest BCUT2D eigenvalue weighted by Gasteiger charge is -2.32. The van der Waals surface area contributed by atoms with E-state index in [9.17, 15) is 13.2 Å². The van der Waals surface area contributed by atoms with E-state index in [1.54, 1.807) is 13.8 Å². The van der Waals surface area contributed by atoms with Crippen LogP contribution in [0.25, 0.3) is 0 Å². The highest BCUT2D eigenvalue weighted by molar-refractivity contribution is 7.89. The lowest BCUT2D eigenvalue weighted by molar-refractivity contribution is -0.132.